The van der Waals surface area contributed by atoms with Gasteiger partial charge in [0.25, 0.3) is 0 Å². The summed E-state index contributed by atoms with van der Waals surface area (Å²) in [4.78, 5) is 28.9. The van der Waals surface area contributed by atoms with Crippen molar-refractivity contribution >= 4 is 29.4 Å². The highest BCUT2D eigenvalue weighted by Gasteiger charge is 2.34. The van der Waals surface area contributed by atoms with Crippen molar-refractivity contribution in [2.75, 3.05) is 31.1 Å². The molecular weight excluding hydrogens is 324 g/mol. The predicted octanol–water partition coefficient (Wildman–Crippen LogP) is 0.596. The Morgan fingerprint density at radius 2 is 2.35 bits per heavy atom. The molecule has 124 valence electrons. The summed E-state index contributed by atoms with van der Waals surface area (Å²) in [5, 5.41) is 3.68. The van der Waals surface area contributed by atoms with Gasteiger partial charge >= 0.3 is 6.09 Å². The Balaban J connectivity index is 1.80. The van der Waals surface area contributed by atoms with Crippen LogP contribution in [0.15, 0.2) is 12.1 Å². The Kier molecular flexibility index (Phi) is 4.65. The zero-order chi connectivity index (χ0) is 16.4. The SMILES string of the molecule is NC(=O)O[C@@H]1CC(=O)N(c2cc(Cl)cc(C3CNCCO3)n2)C1. The second kappa shape index (κ2) is 6.69. The summed E-state index contributed by atoms with van der Waals surface area (Å²) in [6.07, 6.45) is -1.60. The van der Waals surface area contributed by atoms with E-state index in [4.69, 9.17) is 26.8 Å². The molecule has 0 spiro atoms. The maximum atomic E-state index is 12.1. The zero-order valence-electron chi connectivity index (χ0n) is 12.3. The first-order valence-corrected chi connectivity index (χ1v) is 7.67. The molecule has 1 aromatic rings. The third-order valence-corrected chi connectivity index (χ3v) is 3.92. The minimum Gasteiger partial charge on any atom is -0.444 e. The quantitative estimate of drug-likeness (QED) is 0.834. The number of morpholine rings is 1. The monoisotopic (exact) mass is 340 g/mol. The summed E-state index contributed by atoms with van der Waals surface area (Å²) in [5.41, 5.74) is 5.66. The molecule has 2 amide bonds. The average molecular weight is 341 g/mol. The molecule has 1 unspecified atom stereocenters. The van der Waals surface area contributed by atoms with E-state index in [9.17, 15) is 9.59 Å². The number of nitrogens with zero attached hydrogens (tertiary/aromatic N) is 2. The average Bonchev–Trinajstić information content (AvgIpc) is 2.87. The lowest BCUT2D eigenvalue weighted by atomic mass is 10.2. The number of halogens is 1. The van der Waals surface area contributed by atoms with Crippen molar-refractivity contribution in [3.05, 3.63) is 22.8 Å². The standard InChI is InChI=1S/C14H17ClN4O4/c15-8-3-10(11-6-17-1-2-22-11)18-12(4-8)19-7-9(5-13(19)20)23-14(16)21/h3-4,9,11,17H,1-2,5-7H2,(H2,16,21)/t9-,11?/m1/s1. The maximum Gasteiger partial charge on any atom is 0.404 e. The maximum absolute atomic E-state index is 12.1. The molecule has 9 heteroatoms. The van der Waals surface area contributed by atoms with Crippen molar-refractivity contribution in [1.29, 1.82) is 0 Å². The number of amides is 2. The predicted molar refractivity (Wildman–Crippen MR) is 82.2 cm³/mol. The minimum atomic E-state index is -0.897. The van der Waals surface area contributed by atoms with Crippen molar-refractivity contribution < 1.29 is 19.1 Å². The van der Waals surface area contributed by atoms with E-state index in [1.807, 2.05) is 0 Å². The molecule has 0 saturated carbocycles. The van der Waals surface area contributed by atoms with Gasteiger partial charge in [0.2, 0.25) is 5.91 Å². The van der Waals surface area contributed by atoms with Gasteiger partial charge in [-0.05, 0) is 12.1 Å². The van der Waals surface area contributed by atoms with Gasteiger partial charge in [-0.1, -0.05) is 11.6 Å². The molecule has 8 nitrogen and oxygen atoms in total. The van der Waals surface area contributed by atoms with Crippen molar-refractivity contribution in [1.82, 2.24) is 10.3 Å². The number of nitrogens with two attached hydrogens (primary N) is 1. The van der Waals surface area contributed by atoms with Crippen molar-refractivity contribution in [3.8, 4) is 0 Å². The Hall–Kier alpha value is -1.90. The molecule has 0 radical (unpaired) electrons. The summed E-state index contributed by atoms with van der Waals surface area (Å²) in [5.74, 6) is 0.224. The Morgan fingerprint density at radius 1 is 1.52 bits per heavy atom. The fraction of sp³-hybridized carbons (Fsp3) is 0.500. The van der Waals surface area contributed by atoms with Crippen LogP contribution in [0.25, 0.3) is 0 Å². The molecule has 0 aliphatic carbocycles. The lowest BCUT2D eigenvalue weighted by molar-refractivity contribution is -0.117. The topological polar surface area (TPSA) is 107 Å². The third-order valence-electron chi connectivity index (χ3n) is 3.70. The largest absolute Gasteiger partial charge is 0.444 e. The van der Waals surface area contributed by atoms with E-state index in [1.54, 1.807) is 12.1 Å². The van der Waals surface area contributed by atoms with Crippen molar-refractivity contribution in [3.63, 3.8) is 0 Å². The molecule has 2 aliphatic heterocycles. The summed E-state index contributed by atoms with van der Waals surface area (Å²) in [6.45, 7) is 2.22. The lowest BCUT2D eigenvalue weighted by Gasteiger charge is -2.24. The lowest BCUT2D eigenvalue weighted by Crippen LogP contribution is -2.34. The number of carbonyl (C=O) groups is 2. The smallest absolute Gasteiger partial charge is 0.404 e. The summed E-state index contributed by atoms with van der Waals surface area (Å²) >= 11 is 6.16. The van der Waals surface area contributed by atoms with Crippen LogP contribution in [-0.4, -0.2) is 49.3 Å². The number of hydrogen-bond acceptors (Lipinski definition) is 6. The zero-order valence-corrected chi connectivity index (χ0v) is 13.1. The highest BCUT2D eigenvalue weighted by molar-refractivity contribution is 6.30. The molecule has 0 bridgehead atoms. The number of aromatic nitrogens is 1. The first-order valence-electron chi connectivity index (χ1n) is 7.29. The van der Waals surface area contributed by atoms with E-state index < -0.39 is 12.2 Å². The molecule has 3 rings (SSSR count). The van der Waals surface area contributed by atoms with E-state index in [0.717, 1.165) is 6.54 Å². The molecule has 2 saturated heterocycles. The summed E-state index contributed by atoms with van der Waals surface area (Å²) in [6, 6.07) is 3.33. The van der Waals surface area contributed by atoms with E-state index in [1.165, 1.54) is 4.90 Å². The van der Waals surface area contributed by atoms with Gasteiger partial charge in [-0.25, -0.2) is 9.78 Å². The molecule has 3 heterocycles. The van der Waals surface area contributed by atoms with E-state index in [2.05, 4.69) is 10.3 Å². The van der Waals surface area contributed by atoms with E-state index >= 15 is 0 Å². The highest BCUT2D eigenvalue weighted by Crippen LogP contribution is 2.28. The highest BCUT2D eigenvalue weighted by atomic mass is 35.5. The van der Waals surface area contributed by atoms with Gasteiger partial charge in [0.1, 0.15) is 18.0 Å². The summed E-state index contributed by atoms with van der Waals surface area (Å²) < 4.78 is 10.6. The number of rotatable bonds is 3. The van der Waals surface area contributed by atoms with Crippen LogP contribution in [0.3, 0.4) is 0 Å². The molecule has 2 aliphatic rings. The fourth-order valence-electron chi connectivity index (χ4n) is 2.70. The fourth-order valence-corrected chi connectivity index (χ4v) is 2.91. The second-order valence-electron chi connectivity index (χ2n) is 5.40. The Bertz CT molecular complexity index is 621. The van der Waals surface area contributed by atoms with Crippen LogP contribution in [0.1, 0.15) is 18.2 Å². The van der Waals surface area contributed by atoms with Crippen LogP contribution in [-0.2, 0) is 14.3 Å². The van der Waals surface area contributed by atoms with Crippen molar-refractivity contribution in [2.24, 2.45) is 5.73 Å². The molecular formula is C14H17ClN4O4. The Labute approximate surface area is 137 Å². The number of pyridine rings is 1. The van der Waals surface area contributed by atoms with Crippen LogP contribution in [0.2, 0.25) is 5.02 Å². The number of hydrogen-bond donors (Lipinski definition) is 2. The molecule has 2 atom stereocenters. The molecule has 1 aromatic heterocycles. The first kappa shape index (κ1) is 16.0. The summed E-state index contributed by atoms with van der Waals surface area (Å²) in [7, 11) is 0. The van der Waals surface area contributed by atoms with Gasteiger partial charge in [0.15, 0.2) is 0 Å². The van der Waals surface area contributed by atoms with Gasteiger partial charge < -0.3 is 20.5 Å². The van der Waals surface area contributed by atoms with Crippen LogP contribution in [0, 0.1) is 0 Å². The molecule has 23 heavy (non-hydrogen) atoms. The minimum absolute atomic E-state index is 0.0773. The molecule has 2 fully saturated rings. The second-order valence-corrected chi connectivity index (χ2v) is 5.84. The van der Waals surface area contributed by atoms with Gasteiger partial charge in [0, 0.05) is 18.1 Å². The van der Waals surface area contributed by atoms with Crippen LogP contribution in [0.4, 0.5) is 10.6 Å². The van der Waals surface area contributed by atoms with Crippen molar-refractivity contribution in [2.45, 2.75) is 18.6 Å². The van der Waals surface area contributed by atoms with Gasteiger partial charge in [-0.15, -0.1) is 0 Å². The number of primary amides is 1. The van der Waals surface area contributed by atoms with E-state index in [0.29, 0.717) is 29.7 Å². The number of anilines is 1. The van der Waals surface area contributed by atoms with E-state index in [-0.39, 0.29) is 25.0 Å². The normalized spacial score (nSPS) is 24.7. The number of ether oxygens (including phenoxy) is 2. The molecule has 3 N–H and O–H groups in total. The van der Waals surface area contributed by atoms with Gasteiger partial charge in [-0.3, -0.25) is 9.69 Å². The van der Waals surface area contributed by atoms with Crippen LogP contribution in [0.5, 0.6) is 0 Å². The van der Waals surface area contributed by atoms with Crippen LogP contribution >= 0.6 is 11.6 Å². The van der Waals surface area contributed by atoms with Crippen LogP contribution < -0.4 is 16.0 Å². The third kappa shape index (κ3) is 3.72. The molecule has 0 aromatic carbocycles. The Morgan fingerprint density at radius 3 is 3.04 bits per heavy atom. The number of nitrogens with one attached hydrogen (secondary N) is 1. The first-order chi connectivity index (χ1) is 11.0. The van der Waals surface area contributed by atoms with Gasteiger partial charge in [-0.2, -0.15) is 0 Å². The number of carbonyl (C=O) groups excluding carboxylic acids is 2. The van der Waals surface area contributed by atoms with Gasteiger partial charge in [0.05, 0.1) is 25.3 Å².